The number of rotatable bonds is 11. The number of carbonyl (C=O) groups excluding carboxylic acids is 3. The molecule has 0 heterocycles. The molecule has 0 unspecified atom stereocenters. The van der Waals surface area contributed by atoms with Crippen molar-refractivity contribution in [3.8, 4) is 0 Å². The summed E-state index contributed by atoms with van der Waals surface area (Å²) in [7, 11) is 1.57. The van der Waals surface area contributed by atoms with Crippen LogP contribution in [0.1, 0.15) is 34.1 Å². The average molecular weight is 412 g/mol. The number of methoxy groups -OCH3 is 1. The number of carbonyl (C=O) groups is 3. The third kappa shape index (κ3) is 7.56. The lowest BCUT2D eigenvalue weighted by Crippen LogP contribution is -2.27. The van der Waals surface area contributed by atoms with Crippen molar-refractivity contribution < 1.29 is 19.1 Å². The second-order valence-corrected chi connectivity index (χ2v) is 6.56. The highest BCUT2D eigenvalue weighted by Crippen LogP contribution is 2.11. The zero-order chi connectivity index (χ0) is 21.8. The molecule has 3 amide bonds. The van der Waals surface area contributed by atoms with Gasteiger partial charge in [0.25, 0.3) is 11.8 Å². The lowest BCUT2D eigenvalue weighted by Gasteiger charge is -2.10. The van der Waals surface area contributed by atoms with Crippen LogP contribution in [-0.2, 0) is 9.53 Å². The van der Waals surface area contributed by atoms with E-state index in [9.17, 15) is 14.4 Å². The predicted octanol–water partition coefficient (Wildman–Crippen LogP) is 2.25. The van der Waals surface area contributed by atoms with Gasteiger partial charge in [-0.3, -0.25) is 14.4 Å². The van der Waals surface area contributed by atoms with Crippen molar-refractivity contribution in [1.29, 1.82) is 0 Å². The summed E-state index contributed by atoms with van der Waals surface area (Å²) in [5.74, 6) is -0.535. The van der Waals surface area contributed by atoms with Gasteiger partial charge in [0.05, 0.1) is 13.2 Å². The molecule has 0 fully saturated rings. The van der Waals surface area contributed by atoms with E-state index in [-0.39, 0.29) is 24.3 Å². The van der Waals surface area contributed by atoms with Gasteiger partial charge in [-0.15, -0.1) is 0 Å². The van der Waals surface area contributed by atoms with E-state index in [4.69, 9.17) is 4.74 Å². The first-order chi connectivity index (χ1) is 14.5. The van der Waals surface area contributed by atoms with Gasteiger partial charge < -0.3 is 26.0 Å². The Morgan fingerprint density at radius 3 is 1.87 bits per heavy atom. The third-order valence-electron chi connectivity index (χ3n) is 4.16. The lowest BCUT2D eigenvalue weighted by atomic mass is 10.2. The van der Waals surface area contributed by atoms with Crippen LogP contribution in [0, 0.1) is 0 Å². The normalized spacial score (nSPS) is 10.2. The van der Waals surface area contributed by atoms with Gasteiger partial charge in [0.1, 0.15) is 0 Å². The molecule has 30 heavy (non-hydrogen) atoms. The summed E-state index contributed by atoms with van der Waals surface area (Å²) in [6.45, 7) is 3.58. The molecule has 0 saturated carbocycles. The van der Waals surface area contributed by atoms with E-state index in [1.807, 2.05) is 6.92 Å². The van der Waals surface area contributed by atoms with E-state index in [0.29, 0.717) is 36.5 Å². The Morgan fingerprint density at radius 2 is 1.33 bits per heavy atom. The molecule has 0 saturated heterocycles. The Bertz CT molecular complexity index is 835. The first-order valence-corrected chi connectivity index (χ1v) is 9.82. The maximum Gasteiger partial charge on any atom is 0.251 e. The highest BCUT2D eigenvalue weighted by atomic mass is 16.5. The summed E-state index contributed by atoms with van der Waals surface area (Å²) in [5, 5.41) is 11.3. The minimum atomic E-state index is -0.225. The van der Waals surface area contributed by atoms with E-state index < -0.39 is 0 Å². The maximum absolute atomic E-state index is 12.1. The van der Waals surface area contributed by atoms with E-state index in [1.165, 1.54) is 0 Å². The van der Waals surface area contributed by atoms with Crippen LogP contribution in [0.25, 0.3) is 0 Å². The Balaban J connectivity index is 1.79. The van der Waals surface area contributed by atoms with Crippen LogP contribution in [0.3, 0.4) is 0 Å². The number of hydrogen-bond acceptors (Lipinski definition) is 5. The van der Waals surface area contributed by atoms with Gasteiger partial charge in [-0.1, -0.05) is 6.92 Å². The minimum absolute atomic E-state index is 0.0701. The molecule has 0 aliphatic rings. The molecule has 0 spiro atoms. The monoisotopic (exact) mass is 412 g/mol. The van der Waals surface area contributed by atoms with Gasteiger partial charge in [0, 0.05) is 42.7 Å². The smallest absolute Gasteiger partial charge is 0.251 e. The largest absolute Gasteiger partial charge is 0.383 e. The average Bonchev–Trinajstić information content (AvgIpc) is 2.77. The zero-order valence-electron chi connectivity index (χ0n) is 17.3. The van der Waals surface area contributed by atoms with Gasteiger partial charge in [-0.05, 0) is 55.0 Å². The summed E-state index contributed by atoms with van der Waals surface area (Å²) >= 11 is 0. The molecule has 2 aromatic carbocycles. The molecule has 2 aromatic rings. The molecule has 8 nitrogen and oxygen atoms in total. The number of amides is 3. The molecule has 0 aromatic heterocycles. The van der Waals surface area contributed by atoms with Crippen LogP contribution in [0.2, 0.25) is 0 Å². The summed E-state index contributed by atoms with van der Waals surface area (Å²) < 4.78 is 4.89. The minimum Gasteiger partial charge on any atom is -0.383 e. The fourth-order valence-electron chi connectivity index (χ4n) is 2.54. The van der Waals surface area contributed by atoms with Crippen molar-refractivity contribution in [1.82, 2.24) is 10.6 Å². The first-order valence-electron chi connectivity index (χ1n) is 9.82. The topological polar surface area (TPSA) is 109 Å². The number of nitrogens with one attached hydrogen (secondary N) is 4. The molecule has 2 rings (SSSR count). The first kappa shape index (κ1) is 22.9. The van der Waals surface area contributed by atoms with Crippen LogP contribution in [0.15, 0.2) is 48.5 Å². The van der Waals surface area contributed by atoms with Crippen molar-refractivity contribution in [3.05, 3.63) is 59.7 Å². The van der Waals surface area contributed by atoms with Crippen LogP contribution < -0.4 is 21.3 Å². The van der Waals surface area contributed by atoms with Crippen molar-refractivity contribution in [2.75, 3.05) is 44.0 Å². The summed E-state index contributed by atoms with van der Waals surface area (Å²) in [4.78, 5) is 36.0. The number of anilines is 2. The molecule has 160 valence electrons. The van der Waals surface area contributed by atoms with Crippen LogP contribution in [0.5, 0.6) is 0 Å². The van der Waals surface area contributed by atoms with E-state index in [2.05, 4.69) is 21.3 Å². The molecule has 0 aliphatic carbocycles. The fourth-order valence-corrected chi connectivity index (χ4v) is 2.54. The van der Waals surface area contributed by atoms with Crippen LogP contribution in [-0.4, -0.2) is 51.1 Å². The summed E-state index contributed by atoms with van der Waals surface area (Å²) in [5.41, 5.74) is 2.41. The van der Waals surface area contributed by atoms with E-state index in [1.54, 1.807) is 55.6 Å². The second kappa shape index (κ2) is 12.2. The zero-order valence-corrected chi connectivity index (χ0v) is 17.3. The van der Waals surface area contributed by atoms with Gasteiger partial charge in [-0.25, -0.2) is 0 Å². The second-order valence-electron chi connectivity index (χ2n) is 6.56. The molecule has 8 heteroatoms. The highest BCUT2D eigenvalue weighted by Gasteiger charge is 2.07. The van der Waals surface area contributed by atoms with E-state index >= 15 is 0 Å². The quantitative estimate of drug-likeness (QED) is 0.424. The van der Waals surface area contributed by atoms with Gasteiger partial charge in [-0.2, -0.15) is 0 Å². The van der Waals surface area contributed by atoms with Crippen molar-refractivity contribution in [2.24, 2.45) is 0 Å². The lowest BCUT2D eigenvalue weighted by molar-refractivity contribution is -0.114. The van der Waals surface area contributed by atoms with Crippen LogP contribution in [0.4, 0.5) is 11.4 Å². The molecule has 0 radical (unpaired) electrons. The van der Waals surface area contributed by atoms with Crippen molar-refractivity contribution in [2.45, 2.75) is 13.3 Å². The maximum atomic E-state index is 12.1. The number of ether oxygens (including phenoxy) is 1. The Hall–Kier alpha value is -3.39. The summed E-state index contributed by atoms with van der Waals surface area (Å²) in [6, 6.07) is 13.6. The molecular formula is C22H28N4O4. The van der Waals surface area contributed by atoms with Crippen LogP contribution >= 0.6 is 0 Å². The Kier molecular flexibility index (Phi) is 9.33. The molecule has 4 N–H and O–H groups in total. The van der Waals surface area contributed by atoms with Gasteiger partial charge in [0.2, 0.25) is 5.91 Å². The number of hydrogen-bond donors (Lipinski definition) is 4. The third-order valence-corrected chi connectivity index (χ3v) is 4.16. The van der Waals surface area contributed by atoms with E-state index in [0.717, 1.165) is 12.1 Å². The number of benzene rings is 2. The predicted molar refractivity (Wildman–Crippen MR) is 117 cm³/mol. The Labute approximate surface area is 176 Å². The summed E-state index contributed by atoms with van der Waals surface area (Å²) in [6.07, 6.45) is 0.880. The highest BCUT2D eigenvalue weighted by molar-refractivity contribution is 5.97. The fraction of sp³-hybridized carbons (Fsp3) is 0.318. The molecule has 0 bridgehead atoms. The Morgan fingerprint density at radius 1 is 0.800 bits per heavy atom. The van der Waals surface area contributed by atoms with Gasteiger partial charge >= 0.3 is 0 Å². The van der Waals surface area contributed by atoms with Crippen molar-refractivity contribution in [3.63, 3.8) is 0 Å². The SMILES string of the molecule is CCCNC(=O)c1ccc(NCC(=O)Nc2ccc(C(=O)NCCOC)cc2)cc1. The molecule has 0 atom stereocenters. The van der Waals surface area contributed by atoms with Crippen molar-refractivity contribution >= 4 is 29.1 Å². The molecule has 0 aliphatic heterocycles. The van der Waals surface area contributed by atoms with Gasteiger partial charge in [0.15, 0.2) is 0 Å². The molecular weight excluding hydrogens is 384 g/mol. The standard InChI is InChI=1S/C22H28N4O4/c1-3-12-23-21(28)16-4-8-18(9-5-16)25-15-20(27)26-19-10-6-17(7-11-19)22(29)24-13-14-30-2/h4-11,25H,3,12-15H2,1-2H3,(H,23,28)(H,24,29)(H,26,27).